The number of rotatable bonds is 6. The zero-order valence-corrected chi connectivity index (χ0v) is 11.8. The third-order valence-corrected chi connectivity index (χ3v) is 3.54. The number of likely N-dealkylation sites (N-methyl/N-ethyl adjacent to an activating group) is 1. The summed E-state index contributed by atoms with van der Waals surface area (Å²) in [6.07, 6.45) is 0.914. The Balaban J connectivity index is 2.08. The average Bonchev–Trinajstić information content (AvgIpc) is 2.48. The van der Waals surface area contributed by atoms with Crippen LogP contribution in [-0.2, 0) is 13.0 Å². The van der Waals surface area contributed by atoms with Crippen molar-refractivity contribution < 1.29 is 4.39 Å². The molecule has 2 N–H and O–H groups in total. The Morgan fingerprint density at radius 1 is 1.05 bits per heavy atom. The fourth-order valence-corrected chi connectivity index (χ4v) is 2.40. The molecule has 0 saturated carbocycles. The molecule has 3 heteroatoms. The molecule has 2 rings (SSSR count). The number of nitrogens with zero attached hydrogens (tertiary/aromatic N) is 1. The van der Waals surface area contributed by atoms with Crippen LogP contribution in [0.5, 0.6) is 0 Å². The fourth-order valence-electron chi connectivity index (χ4n) is 2.40. The van der Waals surface area contributed by atoms with Crippen molar-refractivity contribution in [1.82, 2.24) is 0 Å². The van der Waals surface area contributed by atoms with Crippen LogP contribution in [0, 0.1) is 5.82 Å². The van der Waals surface area contributed by atoms with Gasteiger partial charge in [0.2, 0.25) is 0 Å². The second kappa shape index (κ2) is 7.06. The molecule has 106 valence electrons. The van der Waals surface area contributed by atoms with E-state index in [-0.39, 0.29) is 5.82 Å². The van der Waals surface area contributed by atoms with Crippen LogP contribution in [0.15, 0.2) is 48.5 Å². The van der Waals surface area contributed by atoms with Gasteiger partial charge in [-0.15, -0.1) is 0 Å². The van der Waals surface area contributed by atoms with Gasteiger partial charge in [0.1, 0.15) is 5.82 Å². The predicted molar refractivity (Wildman–Crippen MR) is 82.3 cm³/mol. The molecule has 0 unspecified atom stereocenters. The van der Waals surface area contributed by atoms with Crippen LogP contribution in [0.1, 0.15) is 18.1 Å². The fraction of sp³-hybridized carbons (Fsp3) is 0.294. The van der Waals surface area contributed by atoms with Gasteiger partial charge < -0.3 is 10.6 Å². The Morgan fingerprint density at radius 2 is 1.80 bits per heavy atom. The molecule has 0 saturated heterocycles. The average molecular weight is 272 g/mol. The van der Waals surface area contributed by atoms with E-state index in [1.165, 1.54) is 17.2 Å². The minimum Gasteiger partial charge on any atom is -0.371 e. The van der Waals surface area contributed by atoms with Crippen molar-refractivity contribution in [2.24, 2.45) is 5.73 Å². The van der Waals surface area contributed by atoms with Gasteiger partial charge >= 0.3 is 0 Å². The van der Waals surface area contributed by atoms with Gasteiger partial charge in [-0.25, -0.2) is 4.39 Å². The molecule has 0 radical (unpaired) electrons. The van der Waals surface area contributed by atoms with Crippen LogP contribution in [0.4, 0.5) is 10.1 Å². The Bertz CT molecular complexity index is 554. The summed E-state index contributed by atoms with van der Waals surface area (Å²) in [5.41, 5.74) is 9.14. The first kappa shape index (κ1) is 14.5. The first-order valence-corrected chi connectivity index (χ1v) is 7.02. The first-order valence-electron chi connectivity index (χ1n) is 7.02. The van der Waals surface area contributed by atoms with Gasteiger partial charge in [0.15, 0.2) is 0 Å². The lowest BCUT2D eigenvalue weighted by molar-refractivity contribution is 0.626. The molecule has 0 aromatic heterocycles. The number of hydrogen-bond acceptors (Lipinski definition) is 2. The van der Waals surface area contributed by atoms with Gasteiger partial charge in [-0.05, 0) is 42.7 Å². The van der Waals surface area contributed by atoms with E-state index in [0.29, 0.717) is 6.54 Å². The maximum Gasteiger partial charge on any atom is 0.125 e. The maximum absolute atomic E-state index is 13.3. The highest BCUT2D eigenvalue weighted by Crippen LogP contribution is 2.17. The lowest BCUT2D eigenvalue weighted by atomic mass is 10.0. The third kappa shape index (κ3) is 3.58. The van der Waals surface area contributed by atoms with Gasteiger partial charge in [0, 0.05) is 25.3 Å². The highest BCUT2D eigenvalue weighted by molar-refractivity contribution is 5.46. The minimum absolute atomic E-state index is 0.191. The van der Waals surface area contributed by atoms with Crippen LogP contribution >= 0.6 is 0 Å². The van der Waals surface area contributed by atoms with Gasteiger partial charge in [-0.1, -0.05) is 30.3 Å². The molecule has 0 aliphatic heterocycles. The van der Waals surface area contributed by atoms with Crippen LogP contribution in [-0.4, -0.2) is 13.1 Å². The van der Waals surface area contributed by atoms with Crippen LogP contribution in [0.3, 0.4) is 0 Å². The van der Waals surface area contributed by atoms with E-state index in [1.807, 2.05) is 18.2 Å². The lowest BCUT2D eigenvalue weighted by Gasteiger charge is -2.23. The Morgan fingerprint density at radius 3 is 2.45 bits per heavy atom. The van der Waals surface area contributed by atoms with Crippen molar-refractivity contribution in [2.75, 3.05) is 18.0 Å². The molecule has 2 aromatic carbocycles. The van der Waals surface area contributed by atoms with Crippen molar-refractivity contribution >= 4 is 5.69 Å². The summed E-state index contributed by atoms with van der Waals surface area (Å²) in [5, 5.41) is 0. The molecule has 0 heterocycles. The van der Waals surface area contributed by atoms with Gasteiger partial charge in [0.05, 0.1) is 0 Å². The number of hydrogen-bond donors (Lipinski definition) is 1. The van der Waals surface area contributed by atoms with E-state index >= 15 is 0 Å². The van der Waals surface area contributed by atoms with Crippen LogP contribution in [0.2, 0.25) is 0 Å². The van der Waals surface area contributed by atoms with Crippen LogP contribution < -0.4 is 10.6 Å². The molecule has 0 fully saturated rings. The molecular formula is C17H21FN2. The van der Waals surface area contributed by atoms with E-state index in [2.05, 4.69) is 24.0 Å². The van der Waals surface area contributed by atoms with Crippen molar-refractivity contribution in [3.8, 4) is 0 Å². The first-order chi connectivity index (χ1) is 9.74. The second-order valence-electron chi connectivity index (χ2n) is 4.78. The SMILES string of the molecule is CCN(CCc1ccccc1CN)c1cccc(F)c1. The van der Waals surface area contributed by atoms with Crippen molar-refractivity contribution in [2.45, 2.75) is 19.9 Å². The zero-order chi connectivity index (χ0) is 14.4. The summed E-state index contributed by atoms with van der Waals surface area (Å²) in [7, 11) is 0. The summed E-state index contributed by atoms with van der Waals surface area (Å²) in [6.45, 7) is 4.35. The quantitative estimate of drug-likeness (QED) is 0.873. The van der Waals surface area contributed by atoms with Gasteiger partial charge in [-0.2, -0.15) is 0 Å². The van der Waals surface area contributed by atoms with Gasteiger partial charge in [-0.3, -0.25) is 0 Å². The van der Waals surface area contributed by atoms with E-state index in [0.717, 1.165) is 25.2 Å². The molecule has 0 aliphatic carbocycles. The maximum atomic E-state index is 13.3. The zero-order valence-electron chi connectivity index (χ0n) is 11.8. The van der Waals surface area contributed by atoms with E-state index in [9.17, 15) is 4.39 Å². The standard InChI is InChI=1S/C17H21FN2/c1-2-20(17-9-5-8-16(18)12-17)11-10-14-6-3-4-7-15(14)13-19/h3-9,12H,2,10-11,13,19H2,1H3. The Hall–Kier alpha value is -1.87. The summed E-state index contributed by atoms with van der Waals surface area (Å²) >= 11 is 0. The molecule has 2 aromatic rings. The van der Waals surface area contributed by atoms with Crippen molar-refractivity contribution in [1.29, 1.82) is 0 Å². The highest BCUT2D eigenvalue weighted by atomic mass is 19.1. The monoisotopic (exact) mass is 272 g/mol. The molecule has 0 bridgehead atoms. The largest absolute Gasteiger partial charge is 0.371 e. The Kier molecular flexibility index (Phi) is 5.13. The van der Waals surface area contributed by atoms with Crippen LogP contribution in [0.25, 0.3) is 0 Å². The highest BCUT2D eigenvalue weighted by Gasteiger charge is 2.07. The smallest absolute Gasteiger partial charge is 0.125 e. The number of benzene rings is 2. The summed E-state index contributed by atoms with van der Waals surface area (Å²) in [5.74, 6) is -0.191. The van der Waals surface area contributed by atoms with Crippen molar-refractivity contribution in [3.63, 3.8) is 0 Å². The topological polar surface area (TPSA) is 29.3 Å². The molecule has 0 aliphatic rings. The van der Waals surface area contributed by atoms with E-state index < -0.39 is 0 Å². The molecular weight excluding hydrogens is 251 g/mol. The van der Waals surface area contributed by atoms with E-state index in [4.69, 9.17) is 5.73 Å². The second-order valence-corrected chi connectivity index (χ2v) is 4.78. The Labute approximate surface area is 120 Å². The summed E-state index contributed by atoms with van der Waals surface area (Å²) in [6, 6.07) is 15.0. The predicted octanol–water partition coefficient (Wildman–Crippen LogP) is 3.35. The molecule has 2 nitrogen and oxygen atoms in total. The lowest BCUT2D eigenvalue weighted by Crippen LogP contribution is -2.25. The molecule has 20 heavy (non-hydrogen) atoms. The number of nitrogens with two attached hydrogens (primary N) is 1. The molecule has 0 amide bonds. The van der Waals surface area contributed by atoms with Gasteiger partial charge in [0.25, 0.3) is 0 Å². The third-order valence-electron chi connectivity index (χ3n) is 3.54. The summed E-state index contributed by atoms with van der Waals surface area (Å²) < 4.78 is 13.3. The van der Waals surface area contributed by atoms with Crippen molar-refractivity contribution in [3.05, 3.63) is 65.5 Å². The molecule has 0 atom stereocenters. The minimum atomic E-state index is -0.191. The number of anilines is 1. The van der Waals surface area contributed by atoms with E-state index in [1.54, 1.807) is 12.1 Å². The number of halogens is 1. The molecule has 0 spiro atoms. The summed E-state index contributed by atoms with van der Waals surface area (Å²) in [4.78, 5) is 2.18. The normalized spacial score (nSPS) is 10.6.